The Morgan fingerprint density at radius 1 is 0.594 bits per heavy atom. The van der Waals surface area contributed by atoms with Gasteiger partial charge in [0.1, 0.15) is 0 Å². The van der Waals surface area contributed by atoms with Gasteiger partial charge >= 0.3 is 0 Å². The predicted octanol–water partition coefficient (Wildman–Crippen LogP) is 4.96. The smallest absolute Gasteiger partial charge is 0.262 e. The Balaban J connectivity index is 1.57. The molecule has 0 unspecified atom stereocenters. The van der Waals surface area contributed by atoms with Gasteiger partial charge < -0.3 is 20.1 Å². The fourth-order valence-corrected chi connectivity index (χ4v) is 3.35. The number of aryl methyl sites for hydroxylation is 4. The lowest BCUT2D eigenvalue weighted by molar-refractivity contribution is -0.119. The van der Waals surface area contributed by atoms with Crippen LogP contribution < -0.4 is 20.1 Å². The highest BCUT2D eigenvalue weighted by molar-refractivity contribution is 5.94. The van der Waals surface area contributed by atoms with Gasteiger partial charge in [0.2, 0.25) is 0 Å². The molecule has 6 nitrogen and oxygen atoms in total. The summed E-state index contributed by atoms with van der Waals surface area (Å²) in [6, 6.07) is 18.6. The molecule has 3 aromatic carbocycles. The molecule has 6 heteroatoms. The molecule has 166 valence electrons. The van der Waals surface area contributed by atoms with Gasteiger partial charge in [-0.1, -0.05) is 48.5 Å². The number of hydrogen-bond acceptors (Lipinski definition) is 4. The highest BCUT2D eigenvalue weighted by Crippen LogP contribution is 2.27. The van der Waals surface area contributed by atoms with Crippen LogP contribution in [0.25, 0.3) is 0 Å². The number of anilines is 2. The largest absolute Gasteiger partial charge is 0.480 e. The molecule has 0 bridgehead atoms. The molecule has 0 radical (unpaired) electrons. The van der Waals surface area contributed by atoms with Gasteiger partial charge in [-0.25, -0.2) is 0 Å². The molecule has 0 aliphatic carbocycles. The zero-order valence-electron chi connectivity index (χ0n) is 18.8. The molecule has 32 heavy (non-hydrogen) atoms. The van der Waals surface area contributed by atoms with E-state index in [0.717, 1.165) is 33.6 Å². The highest BCUT2D eigenvalue weighted by atomic mass is 16.5. The van der Waals surface area contributed by atoms with E-state index in [1.807, 2.05) is 64.1 Å². The van der Waals surface area contributed by atoms with E-state index in [9.17, 15) is 9.59 Å². The summed E-state index contributed by atoms with van der Waals surface area (Å²) >= 11 is 0. The minimum absolute atomic E-state index is 0.178. The van der Waals surface area contributed by atoms with Crippen LogP contribution in [0.15, 0.2) is 60.7 Å². The maximum atomic E-state index is 12.4. The second-order valence-electron chi connectivity index (χ2n) is 7.65. The van der Waals surface area contributed by atoms with Crippen molar-refractivity contribution < 1.29 is 19.1 Å². The second kappa shape index (κ2) is 10.5. The standard InChI is InChI=1S/C26H28N2O4/c1-17-9-7-10-18(2)25(17)27-23(29)15-31-21-13-5-6-14-22(21)32-16-24(30)28-26-19(3)11-8-12-20(26)4/h5-14H,15-16H2,1-4H3,(H,27,29)(H,28,30). The molecule has 2 N–H and O–H groups in total. The number of ether oxygens (including phenoxy) is 2. The third-order valence-electron chi connectivity index (χ3n) is 5.06. The number of benzene rings is 3. The fraction of sp³-hybridized carbons (Fsp3) is 0.231. The molecular formula is C26H28N2O4. The van der Waals surface area contributed by atoms with Crippen LogP contribution in [0.1, 0.15) is 22.3 Å². The molecule has 0 aliphatic heterocycles. The summed E-state index contributed by atoms with van der Waals surface area (Å²) in [6.45, 7) is 7.41. The second-order valence-corrected chi connectivity index (χ2v) is 7.65. The Bertz CT molecular complexity index is 996. The number of hydrogen-bond donors (Lipinski definition) is 2. The van der Waals surface area contributed by atoms with Crippen LogP contribution in [0.3, 0.4) is 0 Å². The molecule has 0 heterocycles. The van der Waals surface area contributed by atoms with E-state index in [0.29, 0.717) is 11.5 Å². The quantitative estimate of drug-likeness (QED) is 0.528. The van der Waals surface area contributed by atoms with E-state index in [1.165, 1.54) is 0 Å². The summed E-state index contributed by atoms with van der Waals surface area (Å²) in [4.78, 5) is 24.8. The zero-order chi connectivity index (χ0) is 23.1. The lowest BCUT2D eigenvalue weighted by Crippen LogP contribution is -2.23. The van der Waals surface area contributed by atoms with Crippen molar-refractivity contribution in [2.75, 3.05) is 23.8 Å². The van der Waals surface area contributed by atoms with Crippen molar-refractivity contribution in [3.05, 3.63) is 82.9 Å². The molecule has 0 saturated carbocycles. The van der Waals surface area contributed by atoms with Crippen molar-refractivity contribution in [1.29, 1.82) is 0 Å². The van der Waals surface area contributed by atoms with Crippen molar-refractivity contribution in [2.45, 2.75) is 27.7 Å². The summed E-state index contributed by atoms with van der Waals surface area (Å²) in [5.74, 6) is 0.239. The van der Waals surface area contributed by atoms with E-state index in [1.54, 1.807) is 24.3 Å². The SMILES string of the molecule is Cc1cccc(C)c1NC(=O)COc1ccccc1OCC(=O)Nc1c(C)cccc1C. The van der Waals surface area contributed by atoms with Crippen LogP contribution in [0.5, 0.6) is 11.5 Å². The first-order valence-corrected chi connectivity index (χ1v) is 10.4. The van der Waals surface area contributed by atoms with E-state index in [2.05, 4.69) is 10.6 Å². The molecule has 0 fully saturated rings. The van der Waals surface area contributed by atoms with Crippen molar-refractivity contribution in [3.8, 4) is 11.5 Å². The van der Waals surface area contributed by atoms with Gasteiger partial charge in [-0.3, -0.25) is 9.59 Å². The van der Waals surface area contributed by atoms with Gasteiger partial charge in [-0.05, 0) is 62.1 Å². The lowest BCUT2D eigenvalue weighted by atomic mass is 10.1. The van der Waals surface area contributed by atoms with Gasteiger partial charge in [0.25, 0.3) is 11.8 Å². The van der Waals surface area contributed by atoms with Crippen molar-refractivity contribution >= 4 is 23.2 Å². The molecule has 0 atom stereocenters. The monoisotopic (exact) mass is 432 g/mol. The van der Waals surface area contributed by atoms with Crippen molar-refractivity contribution in [3.63, 3.8) is 0 Å². The summed E-state index contributed by atoms with van der Waals surface area (Å²) in [6.07, 6.45) is 0. The number of carbonyl (C=O) groups is 2. The first-order chi connectivity index (χ1) is 15.3. The van der Waals surface area contributed by atoms with Crippen LogP contribution in [-0.2, 0) is 9.59 Å². The summed E-state index contributed by atoms with van der Waals surface area (Å²) in [5.41, 5.74) is 5.51. The van der Waals surface area contributed by atoms with Crippen LogP contribution in [0.2, 0.25) is 0 Å². The van der Waals surface area contributed by atoms with Gasteiger partial charge in [0.05, 0.1) is 0 Å². The number of amides is 2. The average Bonchev–Trinajstić information content (AvgIpc) is 2.76. The number of carbonyl (C=O) groups excluding carboxylic acids is 2. The Hall–Kier alpha value is -3.80. The van der Waals surface area contributed by atoms with Gasteiger partial charge in [0, 0.05) is 11.4 Å². The number of rotatable bonds is 8. The third kappa shape index (κ3) is 5.88. The first kappa shape index (κ1) is 22.9. The predicted molar refractivity (Wildman–Crippen MR) is 127 cm³/mol. The van der Waals surface area contributed by atoms with Crippen LogP contribution >= 0.6 is 0 Å². The van der Waals surface area contributed by atoms with E-state index >= 15 is 0 Å². The summed E-state index contributed by atoms with van der Waals surface area (Å²) in [7, 11) is 0. The van der Waals surface area contributed by atoms with Crippen molar-refractivity contribution in [1.82, 2.24) is 0 Å². The van der Waals surface area contributed by atoms with Crippen LogP contribution in [0, 0.1) is 27.7 Å². The Morgan fingerprint density at radius 3 is 1.28 bits per heavy atom. The van der Waals surface area contributed by atoms with E-state index in [-0.39, 0.29) is 25.0 Å². The summed E-state index contributed by atoms with van der Waals surface area (Å²) < 4.78 is 11.3. The number of para-hydroxylation sites is 4. The molecule has 0 aromatic heterocycles. The Labute approximate surface area is 188 Å². The normalized spacial score (nSPS) is 10.4. The average molecular weight is 433 g/mol. The van der Waals surface area contributed by atoms with Gasteiger partial charge in [0.15, 0.2) is 24.7 Å². The van der Waals surface area contributed by atoms with Crippen LogP contribution in [-0.4, -0.2) is 25.0 Å². The lowest BCUT2D eigenvalue weighted by Gasteiger charge is -2.15. The van der Waals surface area contributed by atoms with E-state index < -0.39 is 0 Å². The Kier molecular flexibility index (Phi) is 7.49. The molecule has 0 spiro atoms. The minimum Gasteiger partial charge on any atom is -0.480 e. The summed E-state index contributed by atoms with van der Waals surface area (Å²) in [5, 5.41) is 5.77. The maximum Gasteiger partial charge on any atom is 0.262 e. The minimum atomic E-state index is -0.273. The van der Waals surface area contributed by atoms with Gasteiger partial charge in [-0.2, -0.15) is 0 Å². The van der Waals surface area contributed by atoms with Crippen molar-refractivity contribution in [2.24, 2.45) is 0 Å². The Morgan fingerprint density at radius 2 is 0.938 bits per heavy atom. The van der Waals surface area contributed by atoms with E-state index in [4.69, 9.17) is 9.47 Å². The van der Waals surface area contributed by atoms with Gasteiger partial charge in [-0.15, -0.1) is 0 Å². The first-order valence-electron chi connectivity index (χ1n) is 10.4. The maximum absolute atomic E-state index is 12.4. The van der Waals surface area contributed by atoms with Crippen LogP contribution in [0.4, 0.5) is 11.4 Å². The molecule has 3 aromatic rings. The molecule has 2 amide bonds. The zero-order valence-corrected chi connectivity index (χ0v) is 18.8. The highest BCUT2D eigenvalue weighted by Gasteiger charge is 2.13. The third-order valence-corrected chi connectivity index (χ3v) is 5.06. The number of nitrogens with one attached hydrogen (secondary N) is 2. The fourth-order valence-electron chi connectivity index (χ4n) is 3.35. The molecule has 0 aliphatic rings. The topological polar surface area (TPSA) is 76.7 Å². The molecule has 0 saturated heterocycles. The molecule has 3 rings (SSSR count). The molecular weight excluding hydrogens is 404 g/mol.